The van der Waals surface area contributed by atoms with E-state index in [1.807, 2.05) is 13.8 Å². The molecule has 1 aromatic carbocycles. The molecule has 3 amide bonds. The lowest BCUT2D eigenvalue weighted by Gasteiger charge is -2.37. The maximum atomic E-state index is 14.2. The Morgan fingerprint density at radius 1 is 1.02 bits per heavy atom. The van der Waals surface area contributed by atoms with Crippen LogP contribution in [0.5, 0.6) is 0 Å². The first kappa shape index (κ1) is 44.0. The molecule has 2 saturated heterocycles. The van der Waals surface area contributed by atoms with E-state index in [1.54, 1.807) is 21.9 Å². The second-order valence-electron chi connectivity index (χ2n) is 15.2. The van der Waals surface area contributed by atoms with Crippen LogP contribution in [0.15, 0.2) is 48.9 Å². The van der Waals surface area contributed by atoms with Gasteiger partial charge in [0.2, 0.25) is 5.91 Å². The van der Waals surface area contributed by atoms with Crippen molar-refractivity contribution >= 4 is 46.7 Å². The lowest BCUT2D eigenvalue weighted by atomic mass is 9.98. The van der Waals surface area contributed by atoms with Crippen molar-refractivity contribution in [1.82, 2.24) is 39.4 Å². The average molecular weight is 857 g/mol. The van der Waals surface area contributed by atoms with E-state index in [0.717, 1.165) is 41.8 Å². The van der Waals surface area contributed by atoms with Crippen molar-refractivity contribution in [2.24, 2.45) is 18.9 Å². The van der Waals surface area contributed by atoms with Gasteiger partial charge in [-0.1, -0.05) is 25.4 Å². The van der Waals surface area contributed by atoms with Crippen LogP contribution in [0, 0.1) is 11.8 Å². The number of amides is 3. The minimum atomic E-state index is -4.82. The van der Waals surface area contributed by atoms with E-state index in [2.05, 4.69) is 31.0 Å². The van der Waals surface area contributed by atoms with Crippen LogP contribution in [-0.4, -0.2) is 128 Å². The second kappa shape index (κ2) is 19.2. The maximum Gasteiger partial charge on any atom is 0.435 e. The molecule has 16 nitrogen and oxygen atoms in total. The first-order valence-corrected chi connectivity index (χ1v) is 20.4. The van der Waals surface area contributed by atoms with Crippen molar-refractivity contribution in [2.45, 2.75) is 39.3 Å². The summed E-state index contributed by atoms with van der Waals surface area (Å²) in [5.74, 6) is -1.76. The standard InChI is InChI=1S/C40H49ClF3N11O5/c1-4-11-46-28-7-9-33(47-20-28)55-23-30(35(50-55)40(42,43)44)32-21-48-36(51(32)3)37(58)49-27-6-8-29(31(41)17-27)39(60)54-15-13-53(14-16-54)38(59)26(5-2)10-12-52(24-34(56)57)22-25-18-45-19-25/h6-9,17,20-21,23,25-26,45-46H,4-5,10-16,18-19,22,24H2,1-3H3,(H,49,58)(H,56,57)/p+1. The highest BCUT2D eigenvalue weighted by molar-refractivity contribution is 6.34. The molecule has 6 rings (SSSR count). The van der Waals surface area contributed by atoms with Crippen LogP contribution in [0.4, 0.5) is 24.5 Å². The Bertz CT molecular complexity index is 2170. The molecule has 2 aliphatic rings. The predicted octanol–water partition coefficient (Wildman–Crippen LogP) is 3.30. The van der Waals surface area contributed by atoms with Gasteiger partial charge in [0.1, 0.15) is 0 Å². The van der Waals surface area contributed by atoms with Gasteiger partial charge in [0.25, 0.3) is 11.8 Å². The fourth-order valence-electron chi connectivity index (χ4n) is 7.42. The van der Waals surface area contributed by atoms with Crippen molar-refractivity contribution < 1.29 is 42.4 Å². The van der Waals surface area contributed by atoms with Crippen LogP contribution in [0.25, 0.3) is 17.1 Å². The highest BCUT2D eigenvalue weighted by Gasteiger charge is 2.39. The van der Waals surface area contributed by atoms with Crippen LogP contribution in [0.3, 0.4) is 0 Å². The summed E-state index contributed by atoms with van der Waals surface area (Å²) in [7, 11) is 1.41. The fourth-order valence-corrected chi connectivity index (χ4v) is 7.69. The number of hydrogen-bond donors (Lipinski definition) is 5. The minimum absolute atomic E-state index is 0.00277. The highest BCUT2D eigenvalue weighted by atomic mass is 35.5. The summed E-state index contributed by atoms with van der Waals surface area (Å²) >= 11 is 6.56. The number of carboxylic acids is 1. The Balaban J connectivity index is 1.06. The third kappa shape index (κ3) is 10.4. The summed E-state index contributed by atoms with van der Waals surface area (Å²) in [6.07, 6.45) is 1.12. The van der Waals surface area contributed by atoms with E-state index >= 15 is 0 Å². The first-order chi connectivity index (χ1) is 28.7. The maximum absolute atomic E-state index is 14.2. The molecular formula is C40H50ClF3N11O5+. The van der Waals surface area contributed by atoms with Gasteiger partial charge in [0.15, 0.2) is 23.9 Å². The largest absolute Gasteiger partial charge is 0.477 e. The number of nitrogens with one attached hydrogen (secondary N) is 4. The molecule has 0 aliphatic carbocycles. The summed E-state index contributed by atoms with van der Waals surface area (Å²) < 4.78 is 44.9. The van der Waals surface area contributed by atoms with E-state index in [4.69, 9.17) is 11.6 Å². The van der Waals surface area contributed by atoms with E-state index in [9.17, 15) is 37.5 Å². The topological polar surface area (TPSA) is 184 Å². The van der Waals surface area contributed by atoms with E-state index in [-0.39, 0.29) is 76.5 Å². The van der Waals surface area contributed by atoms with Gasteiger partial charge in [0, 0.05) is 83.0 Å². The van der Waals surface area contributed by atoms with Gasteiger partial charge in [-0.3, -0.25) is 14.4 Å². The lowest BCUT2D eigenvalue weighted by Crippen LogP contribution is -3.14. The first-order valence-electron chi connectivity index (χ1n) is 20.0. The van der Waals surface area contributed by atoms with Gasteiger partial charge in [-0.25, -0.2) is 19.4 Å². The number of imidazole rings is 1. The van der Waals surface area contributed by atoms with E-state index in [1.165, 1.54) is 42.2 Å². The molecule has 2 fully saturated rings. The molecule has 60 heavy (non-hydrogen) atoms. The number of nitrogens with zero attached hydrogens (tertiary/aromatic N) is 7. The summed E-state index contributed by atoms with van der Waals surface area (Å²) in [5.41, 5.74) is -0.342. The summed E-state index contributed by atoms with van der Waals surface area (Å²) in [4.78, 5) is 64.5. The fraction of sp³-hybridized carbons (Fsp3) is 0.475. The zero-order valence-electron chi connectivity index (χ0n) is 33.7. The monoisotopic (exact) mass is 856 g/mol. The lowest BCUT2D eigenvalue weighted by molar-refractivity contribution is -0.897. The molecule has 2 atom stereocenters. The van der Waals surface area contributed by atoms with Gasteiger partial charge in [-0.05, 0) is 43.2 Å². The number of hydrogen-bond acceptors (Lipinski definition) is 9. The second-order valence-corrected chi connectivity index (χ2v) is 15.6. The van der Waals surface area contributed by atoms with E-state index in [0.29, 0.717) is 50.6 Å². The van der Waals surface area contributed by atoms with Gasteiger partial charge < -0.3 is 40.3 Å². The number of alkyl halides is 3. The smallest absolute Gasteiger partial charge is 0.435 e. The molecular weight excluding hydrogens is 807 g/mol. The zero-order chi connectivity index (χ0) is 43.1. The van der Waals surface area contributed by atoms with Crippen molar-refractivity contribution in [2.75, 3.05) is 76.1 Å². The van der Waals surface area contributed by atoms with Crippen molar-refractivity contribution in [3.63, 3.8) is 0 Å². The van der Waals surface area contributed by atoms with Crippen LogP contribution in [0.2, 0.25) is 5.02 Å². The number of aromatic nitrogens is 5. The van der Waals surface area contributed by atoms with E-state index < -0.39 is 23.7 Å². The number of pyridine rings is 1. The molecule has 2 aliphatic heterocycles. The molecule has 0 saturated carbocycles. The van der Waals surface area contributed by atoms with Crippen molar-refractivity contribution in [3.05, 3.63) is 71.0 Å². The Labute approximate surface area is 350 Å². The number of piperazine rings is 1. The molecule has 3 aromatic heterocycles. The number of quaternary nitrogens is 1. The van der Waals surface area contributed by atoms with Crippen LogP contribution in [-0.2, 0) is 22.8 Å². The van der Waals surface area contributed by atoms with Crippen LogP contribution in [0.1, 0.15) is 59.8 Å². The van der Waals surface area contributed by atoms with Crippen molar-refractivity contribution in [3.8, 4) is 17.1 Å². The number of halogens is 4. The SMILES string of the molecule is CCCNc1ccc(-n2cc(-c3cnc(C(=O)Nc4ccc(C(=O)N5CCN(C(=O)C(CC)CC[NH+](CC(=O)O)CC6CNC6)CC5)c(Cl)c4)n3C)c(C(F)(F)F)n2)nc1. The number of carbonyl (C=O) groups excluding carboxylic acids is 3. The van der Waals surface area contributed by atoms with Gasteiger partial charge in [0.05, 0.1) is 53.0 Å². The van der Waals surface area contributed by atoms with Gasteiger partial charge >= 0.3 is 12.1 Å². The summed E-state index contributed by atoms with van der Waals surface area (Å²) in [5, 5.41) is 22.3. The molecule has 0 radical (unpaired) electrons. The van der Waals surface area contributed by atoms with Gasteiger partial charge in [-0.15, -0.1) is 0 Å². The Morgan fingerprint density at radius 2 is 1.73 bits per heavy atom. The molecule has 5 heterocycles. The minimum Gasteiger partial charge on any atom is -0.477 e. The number of carboxylic acid groups (broad SMARTS) is 1. The number of benzene rings is 1. The zero-order valence-corrected chi connectivity index (χ0v) is 34.4. The third-order valence-electron chi connectivity index (χ3n) is 10.9. The molecule has 5 N–H and O–H groups in total. The Morgan fingerprint density at radius 3 is 2.33 bits per heavy atom. The Hall–Kier alpha value is -5.53. The molecule has 0 spiro atoms. The number of rotatable bonds is 17. The van der Waals surface area contributed by atoms with Crippen LogP contribution >= 0.6 is 11.6 Å². The number of aliphatic carboxylic acids is 1. The predicted molar refractivity (Wildman–Crippen MR) is 217 cm³/mol. The molecule has 0 bridgehead atoms. The molecule has 20 heteroatoms. The molecule has 4 aromatic rings. The Kier molecular flexibility index (Phi) is 14.1. The quantitative estimate of drug-likeness (QED) is 0.106. The molecule has 2 unspecified atom stereocenters. The summed E-state index contributed by atoms with van der Waals surface area (Å²) in [6.45, 7) is 9.03. The van der Waals surface area contributed by atoms with Crippen molar-refractivity contribution in [1.29, 1.82) is 0 Å². The molecule has 322 valence electrons. The normalized spacial score (nSPS) is 15.7. The highest BCUT2D eigenvalue weighted by Crippen LogP contribution is 2.37. The van der Waals surface area contributed by atoms with Crippen LogP contribution < -0.4 is 20.9 Å². The average Bonchev–Trinajstić information content (AvgIpc) is 3.82. The number of carbonyl (C=O) groups is 4. The summed E-state index contributed by atoms with van der Waals surface area (Å²) in [6, 6.07) is 7.62. The van der Waals surface area contributed by atoms with Gasteiger partial charge in [-0.2, -0.15) is 18.3 Å². The number of anilines is 2. The third-order valence-corrected chi connectivity index (χ3v) is 11.2.